The molecule has 0 heterocycles. The Hall–Kier alpha value is -1.00. The van der Waals surface area contributed by atoms with Gasteiger partial charge in [0.15, 0.2) is 0 Å². The van der Waals surface area contributed by atoms with Crippen molar-refractivity contribution in [2.24, 2.45) is 5.92 Å². The van der Waals surface area contributed by atoms with E-state index < -0.39 is 5.60 Å². The SMILES string of the molecule is CSc1ccc(C(=O)NCC2(O)CCCC(C)C2)cc1. The minimum atomic E-state index is -0.730. The van der Waals surface area contributed by atoms with Crippen molar-refractivity contribution in [1.82, 2.24) is 5.32 Å². The lowest BCUT2D eigenvalue weighted by molar-refractivity contribution is -0.0109. The quantitative estimate of drug-likeness (QED) is 0.839. The minimum absolute atomic E-state index is 0.107. The zero-order valence-corrected chi connectivity index (χ0v) is 13.0. The van der Waals surface area contributed by atoms with Gasteiger partial charge in [0.25, 0.3) is 5.91 Å². The first kappa shape index (κ1) is 15.4. The van der Waals surface area contributed by atoms with E-state index in [4.69, 9.17) is 0 Å². The van der Waals surface area contributed by atoms with Gasteiger partial charge in [0.1, 0.15) is 0 Å². The largest absolute Gasteiger partial charge is 0.388 e. The summed E-state index contributed by atoms with van der Waals surface area (Å²) in [5, 5.41) is 13.4. The summed E-state index contributed by atoms with van der Waals surface area (Å²) in [7, 11) is 0. The number of rotatable bonds is 4. The Morgan fingerprint density at radius 1 is 1.45 bits per heavy atom. The van der Waals surface area contributed by atoms with Crippen molar-refractivity contribution in [2.75, 3.05) is 12.8 Å². The zero-order chi connectivity index (χ0) is 14.6. The Morgan fingerprint density at radius 2 is 2.15 bits per heavy atom. The molecular formula is C16H23NO2S. The Kier molecular flexibility index (Phi) is 5.11. The second-order valence-electron chi connectivity index (χ2n) is 5.84. The number of carbonyl (C=O) groups excluding carboxylic acids is 1. The number of nitrogens with one attached hydrogen (secondary N) is 1. The van der Waals surface area contributed by atoms with Crippen molar-refractivity contribution < 1.29 is 9.90 Å². The van der Waals surface area contributed by atoms with E-state index in [9.17, 15) is 9.90 Å². The maximum Gasteiger partial charge on any atom is 0.251 e. The van der Waals surface area contributed by atoms with Crippen LogP contribution in [0.2, 0.25) is 0 Å². The molecule has 1 aromatic rings. The predicted octanol–water partition coefficient (Wildman–Crippen LogP) is 3.08. The molecule has 0 aliphatic heterocycles. The average Bonchev–Trinajstić information content (AvgIpc) is 2.45. The fourth-order valence-electron chi connectivity index (χ4n) is 2.88. The van der Waals surface area contributed by atoms with Crippen LogP contribution in [0.1, 0.15) is 43.0 Å². The fraction of sp³-hybridized carbons (Fsp3) is 0.562. The molecule has 1 amide bonds. The first-order chi connectivity index (χ1) is 9.52. The number of thioether (sulfide) groups is 1. The molecule has 3 nitrogen and oxygen atoms in total. The van der Waals surface area contributed by atoms with Gasteiger partial charge in [-0.25, -0.2) is 0 Å². The van der Waals surface area contributed by atoms with Gasteiger partial charge in [-0.1, -0.05) is 19.8 Å². The summed E-state index contributed by atoms with van der Waals surface area (Å²) < 4.78 is 0. The molecule has 0 saturated heterocycles. The molecule has 2 rings (SSSR count). The number of hydrogen-bond acceptors (Lipinski definition) is 3. The molecule has 2 unspecified atom stereocenters. The fourth-order valence-corrected chi connectivity index (χ4v) is 3.29. The highest BCUT2D eigenvalue weighted by Crippen LogP contribution is 2.31. The third-order valence-electron chi connectivity index (χ3n) is 4.00. The van der Waals surface area contributed by atoms with E-state index in [1.165, 1.54) is 6.42 Å². The van der Waals surface area contributed by atoms with E-state index in [2.05, 4.69) is 12.2 Å². The van der Waals surface area contributed by atoms with Crippen LogP contribution in [-0.4, -0.2) is 29.4 Å². The molecule has 1 aromatic carbocycles. The molecule has 4 heteroatoms. The third kappa shape index (κ3) is 4.00. The van der Waals surface area contributed by atoms with Gasteiger partial charge in [-0.05, 0) is 49.3 Å². The minimum Gasteiger partial charge on any atom is -0.388 e. The predicted molar refractivity (Wildman–Crippen MR) is 83.1 cm³/mol. The molecule has 2 atom stereocenters. The van der Waals surface area contributed by atoms with Gasteiger partial charge in [-0.3, -0.25) is 4.79 Å². The Labute approximate surface area is 125 Å². The van der Waals surface area contributed by atoms with Crippen LogP contribution >= 0.6 is 11.8 Å². The highest BCUT2D eigenvalue weighted by molar-refractivity contribution is 7.98. The molecule has 0 radical (unpaired) electrons. The molecule has 2 N–H and O–H groups in total. The van der Waals surface area contributed by atoms with Crippen LogP contribution in [0.15, 0.2) is 29.2 Å². The molecule has 20 heavy (non-hydrogen) atoms. The highest BCUT2D eigenvalue weighted by Gasteiger charge is 2.32. The molecule has 1 saturated carbocycles. The van der Waals surface area contributed by atoms with Gasteiger partial charge in [-0.15, -0.1) is 11.8 Å². The highest BCUT2D eigenvalue weighted by atomic mass is 32.2. The Bertz CT molecular complexity index is 460. The average molecular weight is 293 g/mol. The van der Waals surface area contributed by atoms with Gasteiger partial charge in [0.2, 0.25) is 0 Å². The van der Waals surface area contributed by atoms with E-state index in [1.807, 2.05) is 30.5 Å². The van der Waals surface area contributed by atoms with Crippen LogP contribution < -0.4 is 5.32 Å². The molecule has 1 fully saturated rings. The van der Waals surface area contributed by atoms with Crippen LogP contribution in [0.5, 0.6) is 0 Å². The van der Waals surface area contributed by atoms with Gasteiger partial charge in [-0.2, -0.15) is 0 Å². The van der Waals surface area contributed by atoms with Crippen LogP contribution in [0.4, 0.5) is 0 Å². The summed E-state index contributed by atoms with van der Waals surface area (Å²) in [5.41, 5.74) is -0.0812. The maximum absolute atomic E-state index is 12.1. The molecular weight excluding hydrogens is 270 g/mol. The molecule has 1 aliphatic rings. The molecule has 110 valence electrons. The lowest BCUT2D eigenvalue weighted by atomic mass is 9.79. The van der Waals surface area contributed by atoms with E-state index in [1.54, 1.807) is 11.8 Å². The summed E-state index contributed by atoms with van der Waals surface area (Å²) in [6.45, 7) is 2.51. The number of amides is 1. The van der Waals surface area contributed by atoms with Crippen LogP contribution in [0.3, 0.4) is 0 Å². The lowest BCUT2D eigenvalue weighted by Gasteiger charge is -2.35. The second kappa shape index (κ2) is 6.64. The van der Waals surface area contributed by atoms with E-state index in [0.29, 0.717) is 18.0 Å². The first-order valence-electron chi connectivity index (χ1n) is 7.17. The number of carbonyl (C=O) groups is 1. The molecule has 0 spiro atoms. The summed E-state index contributed by atoms with van der Waals surface area (Å²) in [6, 6.07) is 7.54. The zero-order valence-electron chi connectivity index (χ0n) is 12.2. The standard InChI is InChI=1S/C16H23NO2S/c1-12-4-3-9-16(19,10-12)11-17-15(18)13-5-7-14(20-2)8-6-13/h5-8,12,19H,3-4,9-11H2,1-2H3,(H,17,18). The summed E-state index contributed by atoms with van der Waals surface area (Å²) in [4.78, 5) is 13.2. The molecule has 0 bridgehead atoms. The van der Waals surface area contributed by atoms with Crippen molar-refractivity contribution in [1.29, 1.82) is 0 Å². The van der Waals surface area contributed by atoms with Gasteiger partial charge in [0, 0.05) is 17.0 Å². The van der Waals surface area contributed by atoms with Crippen molar-refractivity contribution in [3.63, 3.8) is 0 Å². The van der Waals surface area contributed by atoms with Crippen molar-refractivity contribution >= 4 is 17.7 Å². The van der Waals surface area contributed by atoms with Crippen molar-refractivity contribution in [3.8, 4) is 0 Å². The summed E-state index contributed by atoms with van der Waals surface area (Å²) in [6.07, 6.45) is 5.78. The number of aliphatic hydroxyl groups is 1. The van der Waals surface area contributed by atoms with Crippen molar-refractivity contribution in [3.05, 3.63) is 29.8 Å². The lowest BCUT2D eigenvalue weighted by Crippen LogP contribution is -2.45. The number of hydrogen-bond donors (Lipinski definition) is 2. The van der Waals surface area contributed by atoms with Crippen molar-refractivity contribution in [2.45, 2.75) is 43.1 Å². The monoisotopic (exact) mass is 293 g/mol. The van der Waals surface area contributed by atoms with E-state index >= 15 is 0 Å². The van der Waals surface area contributed by atoms with Crippen LogP contribution in [0, 0.1) is 5.92 Å². The number of benzene rings is 1. The smallest absolute Gasteiger partial charge is 0.251 e. The van der Waals surface area contributed by atoms with E-state index in [-0.39, 0.29) is 5.91 Å². The second-order valence-corrected chi connectivity index (χ2v) is 6.72. The normalized spacial score (nSPS) is 26.2. The van der Waals surface area contributed by atoms with E-state index in [0.717, 1.165) is 24.2 Å². The maximum atomic E-state index is 12.1. The van der Waals surface area contributed by atoms with Gasteiger partial charge < -0.3 is 10.4 Å². The van der Waals surface area contributed by atoms with Gasteiger partial charge in [0.05, 0.1) is 5.60 Å². The topological polar surface area (TPSA) is 49.3 Å². The van der Waals surface area contributed by atoms with Crippen LogP contribution in [0.25, 0.3) is 0 Å². The first-order valence-corrected chi connectivity index (χ1v) is 8.39. The Balaban J connectivity index is 1.90. The summed E-state index contributed by atoms with van der Waals surface area (Å²) in [5.74, 6) is 0.427. The third-order valence-corrected chi connectivity index (χ3v) is 4.74. The Morgan fingerprint density at radius 3 is 2.75 bits per heavy atom. The summed E-state index contributed by atoms with van der Waals surface area (Å²) >= 11 is 1.65. The van der Waals surface area contributed by atoms with Gasteiger partial charge >= 0.3 is 0 Å². The molecule has 0 aromatic heterocycles. The molecule has 1 aliphatic carbocycles. The van der Waals surface area contributed by atoms with Crippen LogP contribution in [-0.2, 0) is 0 Å².